The van der Waals surface area contributed by atoms with Crippen molar-refractivity contribution in [2.45, 2.75) is 13.6 Å². The van der Waals surface area contributed by atoms with Gasteiger partial charge < -0.3 is 4.74 Å². The maximum absolute atomic E-state index is 12.6. The predicted molar refractivity (Wildman–Crippen MR) is 73.6 cm³/mol. The van der Waals surface area contributed by atoms with Crippen molar-refractivity contribution in [1.82, 2.24) is 4.90 Å². The van der Waals surface area contributed by atoms with E-state index >= 15 is 0 Å². The molecule has 1 aliphatic heterocycles. The molecule has 0 saturated carbocycles. The minimum absolute atomic E-state index is 0.0526. The highest BCUT2D eigenvalue weighted by Crippen LogP contribution is 2.25. The van der Waals surface area contributed by atoms with Crippen LogP contribution in [0.25, 0.3) is 0 Å². The number of carbonyl (C=O) groups is 1. The number of hydrogen-bond acceptors (Lipinski definition) is 2. The number of allylic oxidation sites excluding steroid dienone is 1. The molecule has 1 aliphatic rings. The first kappa shape index (κ1) is 12.4. The van der Waals surface area contributed by atoms with Crippen molar-refractivity contribution in [3.63, 3.8) is 0 Å². The van der Waals surface area contributed by atoms with E-state index in [9.17, 15) is 4.79 Å². The van der Waals surface area contributed by atoms with Crippen LogP contribution >= 0.6 is 0 Å². The highest BCUT2D eigenvalue weighted by molar-refractivity contribution is 5.98. The number of amides is 1. The van der Waals surface area contributed by atoms with Crippen LogP contribution in [-0.2, 0) is 6.67 Å². The standard InChI is InChI=1S/C16H15N2O2/c1-13-11-20-15-8-4-3-7-14(15)16(19)18(13)12-17-9-5-2-6-10-17/h2-11H,12H2,1H3/q+1. The molecule has 0 unspecified atom stereocenters. The van der Waals surface area contributed by atoms with Crippen LogP contribution in [0.4, 0.5) is 0 Å². The summed E-state index contributed by atoms with van der Waals surface area (Å²) in [4.78, 5) is 14.3. The molecule has 0 bridgehead atoms. The van der Waals surface area contributed by atoms with Crippen LogP contribution in [0.2, 0.25) is 0 Å². The molecule has 4 heteroatoms. The molecule has 20 heavy (non-hydrogen) atoms. The van der Waals surface area contributed by atoms with E-state index < -0.39 is 0 Å². The minimum atomic E-state index is -0.0526. The largest absolute Gasteiger partial charge is 0.462 e. The zero-order valence-corrected chi connectivity index (χ0v) is 11.2. The van der Waals surface area contributed by atoms with Gasteiger partial charge in [0.15, 0.2) is 12.4 Å². The summed E-state index contributed by atoms with van der Waals surface area (Å²) in [5, 5.41) is 0. The Morgan fingerprint density at radius 3 is 2.65 bits per heavy atom. The molecular weight excluding hydrogens is 252 g/mol. The molecular formula is C16H15N2O2+. The maximum Gasteiger partial charge on any atom is 0.266 e. The summed E-state index contributed by atoms with van der Waals surface area (Å²) in [6.07, 6.45) is 5.48. The molecule has 2 heterocycles. The van der Waals surface area contributed by atoms with Crippen molar-refractivity contribution in [1.29, 1.82) is 0 Å². The Hall–Kier alpha value is -2.62. The fraction of sp³-hybridized carbons (Fsp3) is 0.125. The summed E-state index contributed by atoms with van der Waals surface area (Å²) in [5.41, 5.74) is 1.36. The third-order valence-electron chi connectivity index (χ3n) is 3.23. The van der Waals surface area contributed by atoms with Crippen LogP contribution in [0.1, 0.15) is 17.3 Å². The van der Waals surface area contributed by atoms with E-state index in [1.54, 1.807) is 23.3 Å². The highest BCUT2D eigenvalue weighted by atomic mass is 16.5. The Morgan fingerprint density at radius 2 is 1.85 bits per heavy atom. The quantitative estimate of drug-likeness (QED) is 0.782. The van der Waals surface area contributed by atoms with Gasteiger partial charge in [0.25, 0.3) is 5.91 Å². The summed E-state index contributed by atoms with van der Waals surface area (Å²) in [6.45, 7) is 2.33. The first-order valence-electron chi connectivity index (χ1n) is 6.44. The van der Waals surface area contributed by atoms with E-state index in [0.29, 0.717) is 18.0 Å². The van der Waals surface area contributed by atoms with Gasteiger partial charge in [0, 0.05) is 12.1 Å². The van der Waals surface area contributed by atoms with Crippen LogP contribution in [0.15, 0.2) is 66.8 Å². The Morgan fingerprint density at radius 1 is 1.10 bits per heavy atom. The monoisotopic (exact) mass is 267 g/mol. The van der Waals surface area contributed by atoms with Gasteiger partial charge in [0.05, 0.1) is 11.3 Å². The molecule has 0 radical (unpaired) electrons. The normalized spacial score (nSPS) is 14.2. The molecule has 0 saturated heterocycles. The Balaban J connectivity index is 1.96. The van der Waals surface area contributed by atoms with Gasteiger partial charge in [-0.15, -0.1) is 0 Å². The number of pyridine rings is 1. The lowest BCUT2D eigenvalue weighted by atomic mass is 10.2. The topological polar surface area (TPSA) is 33.4 Å². The Kier molecular flexibility index (Phi) is 3.21. The van der Waals surface area contributed by atoms with Crippen LogP contribution in [0, 0.1) is 0 Å². The van der Waals surface area contributed by atoms with E-state index in [4.69, 9.17) is 4.74 Å². The number of benzene rings is 1. The van der Waals surface area contributed by atoms with Gasteiger partial charge in [-0.2, -0.15) is 4.57 Å². The molecule has 1 amide bonds. The minimum Gasteiger partial charge on any atom is -0.462 e. The molecule has 0 fully saturated rings. The van der Waals surface area contributed by atoms with Gasteiger partial charge in [0.1, 0.15) is 12.0 Å². The Labute approximate surface area is 117 Å². The van der Waals surface area contributed by atoms with Crippen LogP contribution in [0.5, 0.6) is 5.75 Å². The number of hydrogen-bond donors (Lipinski definition) is 0. The summed E-state index contributed by atoms with van der Waals surface area (Å²) >= 11 is 0. The number of ether oxygens (including phenoxy) is 1. The van der Waals surface area contributed by atoms with Crippen molar-refractivity contribution in [3.05, 3.63) is 72.4 Å². The maximum atomic E-state index is 12.6. The second kappa shape index (κ2) is 5.17. The van der Waals surface area contributed by atoms with E-state index in [1.165, 1.54) is 0 Å². The molecule has 2 aromatic rings. The first-order chi connectivity index (χ1) is 9.75. The number of para-hydroxylation sites is 1. The van der Waals surface area contributed by atoms with Crippen molar-refractivity contribution < 1.29 is 14.1 Å². The molecule has 0 aliphatic carbocycles. The SMILES string of the molecule is CC1=COc2ccccc2C(=O)N1C[n+]1ccccc1. The zero-order chi connectivity index (χ0) is 13.9. The number of aromatic nitrogens is 1. The Bertz CT molecular complexity index is 665. The molecule has 3 rings (SSSR count). The zero-order valence-electron chi connectivity index (χ0n) is 11.2. The third kappa shape index (κ3) is 2.28. The lowest BCUT2D eigenvalue weighted by molar-refractivity contribution is -0.711. The predicted octanol–water partition coefficient (Wildman–Crippen LogP) is 2.33. The fourth-order valence-electron chi connectivity index (χ4n) is 2.13. The van der Waals surface area contributed by atoms with Crippen LogP contribution in [-0.4, -0.2) is 10.8 Å². The lowest BCUT2D eigenvalue weighted by Gasteiger charge is -2.17. The average Bonchev–Trinajstić information content (AvgIpc) is 2.61. The summed E-state index contributed by atoms with van der Waals surface area (Å²) in [6, 6.07) is 13.1. The number of nitrogens with zero attached hydrogens (tertiary/aromatic N) is 2. The average molecular weight is 267 g/mol. The van der Waals surface area contributed by atoms with Crippen molar-refractivity contribution in [2.75, 3.05) is 0 Å². The van der Waals surface area contributed by atoms with E-state index in [2.05, 4.69) is 0 Å². The van der Waals surface area contributed by atoms with Crippen molar-refractivity contribution in [3.8, 4) is 5.75 Å². The van der Waals surface area contributed by atoms with Gasteiger partial charge in [-0.1, -0.05) is 18.2 Å². The van der Waals surface area contributed by atoms with Gasteiger partial charge in [-0.25, -0.2) is 0 Å². The number of carbonyl (C=O) groups excluding carboxylic acids is 1. The van der Waals surface area contributed by atoms with Crippen molar-refractivity contribution >= 4 is 5.91 Å². The fourth-order valence-corrected chi connectivity index (χ4v) is 2.13. The van der Waals surface area contributed by atoms with Crippen molar-refractivity contribution in [2.24, 2.45) is 0 Å². The summed E-state index contributed by atoms with van der Waals surface area (Å²) in [7, 11) is 0. The van der Waals surface area contributed by atoms with E-state index in [1.807, 2.05) is 54.2 Å². The van der Waals surface area contributed by atoms with E-state index in [0.717, 1.165) is 5.70 Å². The van der Waals surface area contributed by atoms with Crippen LogP contribution < -0.4 is 9.30 Å². The van der Waals surface area contributed by atoms with Gasteiger partial charge in [0.2, 0.25) is 6.67 Å². The van der Waals surface area contributed by atoms with Gasteiger partial charge >= 0.3 is 0 Å². The molecule has 100 valence electrons. The molecule has 1 aromatic heterocycles. The molecule has 0 N–H and O–H groups in total. The summed E-state index contributed by atoms with van der Waals surface area (Å²) in [5.74, 6) is 0.542. The van der Waals surface area contributed by atoms with E-state index in [-0.39, 0.29) is 5.91 Å². The summed E-state index contributed by atoms with van der Waals surface area (Å²) < 4.78 is 7.51. The molecule has 1 aromatic carbocycles. The van der Waals surface area contributed by atoms with Gasteiger partial charge in [-0.3, -0.25) is 9.69 Å². The molecule has 0 atom stereocenters. The smallest absolute Gasteiger partial charge is 0.266 e. The first-order valence-corrected chi connectivity index (χ1v) is 6.44. The third-order valence-corrected chi connectivity index (χ3v) is 3.23. The molecule has 4 nitrogen and oxygen atoms in total. The lowest BCUT2D eigenvalue weighted by Crippen LogP contribution is -2.44. The highest BCUT2D eigenvalue weighted by Gasteiger charge is 2.26. The van der Waals surface area contributed by atoms with Crippen LogP contribution in [0.3, 0.4) is 0 Å². The second-order valence-corrected chi connectivity index (χ2v) is 4.64. The number of fused-ring (bicyclic) bond motifs is 1. The van der Waals surface area contributed by atoms with Gasteiger partial charge in [-0.05, 0) is 19.1 Å². The second-order valence-electron chi connectivity index (χ2n) is 4.64. The number of rotatable bonds is 2. The molecule has 0 spiro atoms.